The van der Waals surface area contributed by atoms with Gasteiger partial charge in [-0.2, -0.15) is 8.78 Å². The van der Waals surface area contributed by atoms with E-state index in [0.717, 1.165) is 0 Å². The van der Waals surface area contributed by atoms with Gasteiger partial charge in [0.1, 0.15) is 0 Å². The third kappa shape index (κ3) is 4.53. The minimum atomic E-state index is -2.46. The number of rotatable bonds is 5. The Hall–Kier alpha value is -0.990. The lowest BCUT2D eigenvalue weighted by Gasteiger charge is -2.04. The van der Waals surface area contributed by atoms with Crippen molar-refractivity contribution in [3.8, 4) is 0 Å². The van der Waals surface area contributed by atoms with Gasteiger partial charge in [0.25, 0.3) is 5.76 Å². The monoisotopic (exact) mass is 379 g/mol. The maximum absolute atomic E-state index is 12.1. The molecule has 0 atom stereocenters. The van der Waals surface area contributed by atoms with E-state index in [1.807, 2.05) is 0 Å². The molecule has 0 saturated heterocycles. The fourth-order valence-corrected chi connectivity index (χ4v) is 2.59. The molecule has 3 nitrogen and oxygen atoms in total. The first kappa shape index (κ1) is 17.1. The number of nitrogens with one attached hydrogen (secondary N) is 1. The van der Waals surface area contributed by atoms with Crippen molar-refractivity contribution in [3.63, 3.8) is 0 Å². The van der Waals surface area contributed by atoms with Gasteiger partial charge in [0.15, 0.2) is 10.6 Å². The van der Waals surface area contributed by atoms with Crippen molar-refractivity contribution in [1.82, 2.24) is 4.57 Å². The highest BCUT2D eigenvalue weighted by atomic mass is 79.9. The Bertz CT molecular complexity index is 625. The van der Waals surface area contributed by atoms with Crippen LogP contribution in [0.2, 0.25) is 0 Å². The van der Waals surface area contributed by atoms with Gasteiger partial charge < -0.3 is 21.5 Å². The average molecular weight is 380 g/mol. The summed E-state index contributed by atoms with van der Waals surface area (Å²) in [5.41, 5.74) is 0.455. The second kappa shape index (κ2) is 7.70. The van der Waals surface area contributed by atoms with Crippen LogP contribution in [0.25, 0.3) is 0 Å². The normalized spacial score (nSPS) is 10.3. The molecular formula is C12H10BrF2N2OS2-. The van der Waals surface area contributed by atoms with Crippen molar-refractivity contribution >= 4 is 28.9 Å². The number of aromatic nitrogens is 1. The van der Waals surface area contributed by atoms with Crippen molar-refractivity contribution in [1.29, 1.82) is 5.41 Å². The number of Topliss-reactive ketones (excluding diaryl/α,β-unsaturated/α-hetero) is 1. The standard InChI is InChI=1S/C12H10F2N2OS2.BrH/c13-11(14)19-9-3-1-8(2-4-9)10(17)7-16-5-6-18-12(16)15;/h1-6,11,15H,7H2;1H/p-1. The number of hydrogen-bond donors (Lipinski definition) is 1. The summed E-state index contributed by atoms with van der Waals surface area (Å²) in [6, 6.07) is 6.07. The first-order valence-corrected chi connectivity index (χ1v) is 7.09. The number of nitrogens with zero attached hydrogens (tertiary/aromatic N) is 1. The van der Waals surface area contributed by atoms with Crippen molar-refractivity contribution in [2.45, 2.75) is 17.2 Å². The zero-order valence-electron chi connectivity index (χ0n) is 10.1. The molecular weight excluding hydrogens is 370 g/mol. The first-order chi connectivity index (χ1) is 9.06. The van der Waals surface area contributed by atoms with Gasteiger partial charge in [0.2, 0.25) is 0 Å². The Morgan fingerprint density at radius 2 is 2.00 bits per heavy atom. The van der Waals surface area contributed by atoms with Crippen molar-refractivity contribution in [2.75, 3.05) is 0 Å². The Morgan fingerprint density at radius 3 is 2.50 bits per heavy atom. The lowest BCUT2D eigenvalue weighted by Crippen LogP contribution is -3.00. The number of thiazole rings is 1. The summed E-state index contributed by atoms with van der Waals surface area (Å²) < 4.78 is 25.8. The summed E-state index contributed by atoms with van der Waals surface area (Å²) in [4.78, 5) is 12.7. The molecule has 0 unspecified atom stereocenters. The first-order valence-electron chi connectivity index (χ1n) is 5.33. The van der Waals surface area contributed by atoms with E-state index in [9.17, 15) is 13.6 Å². The van der Waals surface area contributed by atoms with E-state index in [2.05, 4.69) is 0 Å². The molecule has 1 aromatic heterocycles. The van der Waals surface area contributed by atoms with Crippen LogP contribution in [0.15, 0.2) is 40.7 Å². The predicted molar refractivity (Wildman–Crippen MR) is 70.8 cm³/mol. The molecule has 1 aromatic carbocycles. The zero-order valence-corrected chi connectivity index (χ0v) is 13.3. The zero-order chi connectivity index (χ0) is 13.8. The van der Waals surface area contributed by atoms with Crippen LogP contribution in [0, 0.1) is 5.41 Å². The van der Waals surface area contributed by atoms with Crippen LogP contribution in [0.5, 0.6) is 0 Å². The summed E-state index contributed by atoms with van der Waals surface area (Å²) in [7, 11) is 0. The maximum Gasteiger partial charge on any atom is 0.288 e. The molecule has 0 amide bonds. The number of halogens is 3. The van der Waals surface area contributed by atoms with E-state index in [0.29, 0.717) is 27.0 Å². The van der Waals surface area contributed by atoms with Gasteiger partial charge in [0.05, 0.1) is 6.54 Å². The molecule has 1 N–H and O–H groups in total. The van der Waals surface area contributed by atoms with Crippen LogP contribution < -0.4 is 21.8 Å². The fourth-order valence-electron chi connectivity index (χ4n) is 1.50. The number of ketones is 1. The number of hydrogen-bond acceptors (Lipinski definition) is 4. The summed E-state index contributed by atoms with van der Waals surface area (Å²) in [6.45, 7) is 0.0870. The molecule has 0 aliphatic rings. The molecule has 8 heteroatoms. The lowest BCUT2D eigenvalue weighted by molar-refractivity contribution is -0.0000141. The summed E-state index contributed by atoms with van der Waals surface area (Å²) in [5.74, 6) is -2.61. The number of carbonyl (C=O) groups is 1. The predicted octanol–water partition coefficient (Wildman–Crippen LogP) is 0.231. The van der Waals surface area contributed by atoms with Gasteiger partial charge in [-0.25, -0.2) is 0 Å². The molecule has 1 heterocycles. The third-order valence-electron chi connectivity index (χ3n) is 2.40. The molecule has 0 spiro atoms. The smallest absolute Gasteiger partial charge is 0.288 e. The highest BCUT2D eigenvalue weighted by Crippen LogP contribution is 2.25. The fraction of sp³-hybridized carbons (Fsp3) is 0.167. The van der Waals surface area contributed by atoms with Gasteiger partial charge in [-0.3, -0.25) is 10.2 Å². The van der Waals surface area contributed by atoms with Crippen LogP contribution in [-0.2, 0) is 6.54 Å². The second-order valence-corrected chi connectivity index (χ2v) is 5.62. The number of alkyl halides is 2. The summed E-state index contributed by atoms with van der Waals surface area (Å²) >= 11 is 1.69. The van der Waals surface area contributed by atoms with Crippen LogP contribution in [0.3, 0.4) is 0 Å². The van der Waals surface area contributed by atoms with E-state index in [4.69, 9.17) is 5.41 Å². The number of thioether (sulfide) groups is 1. The Balaban J connectivity index is 0.00000200. The van der Waals surface area contributed by atoms with Crippen LogP contribution in [-0.4, -0.2) is 16.1 Å². The van der Waals surface area contributed by atoms with E-state index >= 15 is 0 Å². The minimum absolute atomic E-state index is 0. The van der Waals surface area contributed by atoms with Gasteiger partial charge in [-0.15, -0.1) is 11.3 Å². The van der Waals surface area contributed by atoms with Gasteiger partial charge in [-0.05, 0) is 12.1 Å². The highest BCUT2D eigenvalue weighted by molar-refractivity contribution is 7.99. The molecule has 0 aliphatic heterocycles. The highest BCUT2D eigenvalue weighted by Gasteiger charge is 2.09. The van der Waals surface area contributed by atoms with Crippen LogP contribution >= 0.6 is 23.1 Å². The molecule has 20 heavy (non-hydrogen) atoms. The van der Waals surface area contributed by atoms with Crippen molar-refractivity contribution in [3.05, 3.63) is 46.2 Å². The van der Waals surface area contributed by atoms with Gasteiger partial charge in [-0.1, -0.05) is 23.9 Å². The molecule has 108 valence electrons. The topological polar surface area (TPSA) is 45.9 Å². The van der Waals surface area contributed by atoms with E-state index < -0.39 is 5.76 Å². The van der Waals surface area contributed by atoms with Crippen LogP contribution in [0.4, 0.5) is 8.78 Å². The maximum atomic E-state index is 12.1. The molecule has 0 bridgehead atoms. The minimum Gasteiger partial charge on any atom is -1.00 e. The molecule has 0 fully saturated rings. The lowest BCUT2D eigenvalue weighted by atomic mass is 10.1. The summed E-state index contributed by atoms with van der Waals surface area (Å²) in [5, 5.41) is 9.29. The molecule has 0 saturated carbocycles. The summed E-state index contributed by atoms with van der Waals surface area (Å²) in [6.07, 6.45) is 1.67. The second-order valence-electron chi connectivity index (χ2n) is 3.66. The van der Waals surface area contributed by atoms with E-state index in [-0.39, 0.29) is 29.3 Å². The third-order valence-corrected chi connectivity index (χ3v) is 3.83. The quantitative estimate of drug-likeness (QED) is 0.597. The molecule has 2 aromatic rings. The Labute approximate surface area is 132 Å². The number of carbonyl (C=O) groups excluding carboxylic acids is 1. The molecule has 0 radical (unpaired) electrons. The molecule has 2 rings (SSSR count). The largest absolute Gasteiger partial charge is 1.00 e. The van der Waals surface area contributed by atoms with E-state index in [1.165, 1.54) is 40.2 Å². The Morgan fingerprint density at radius 1 is 1.35 bits per heavy atom. The molecule has 0 aliphatic carbocycles. The van der Waals surface area contributed by atoms with Crippen LogP contribution in [0.1, 0.15) is 10.4 Å². The van der Waals surface area contributed by atoms with Crippen molar-refractivity contribution < 1.29 is 30.6 Å². The number of benzene rings is 1. The van der Waals surface area contributed by atoms with E-state index in [1.54, 1.807) is 11.6 Å². The average Bonchev–Trinajstić information content (AvgIpc) is 2.75. The van der Waals surface area contributed by atoms with Gasteiger partial charge in [0, 0.05) is 22.0 Å². The Kier molecular flexibility index (Phi) is 6.57. The van der Waals surface area contributed by atoms with Crippen molar-refractivity contribution in [2.24, 2.45) is 0 Å². The van der Waals surface area contributed by atoms with Gasteiger partial charge >= 0.3 is 0 Å². The SMILES string of the molecule is N=c1sccn1CC(=O)c1ccc(SC(F)F)cc1.[Br-].